The topological polar surface area (TPSA) is 29.5 Å². The van der Waals surface area contributed by atoms with Gasteiger partial charge in [0.1, 0.15) is 5.75 Å². The van der Waals surface area contributed by atoms with Gasteiger partial charge in [-0.25, -0.2) is 0 Å². The van der Waals surface area contributed by atoms with Gasteiger partial charge in [0, 0.05) is 6.42 Å². The molecule has 2 heteroatoms. The fraction of sp³-hybridized carbons (Fsp3) is 0.368. The van der Waals surface area contributed by atoms with Crippen LogP contribution >= 0.6 is 0 Å². The average Bonchev–Trinajstić information content (AvgIpc) is 2.37. The summed E-state index contributed by atoms with van der Waals surface area (Å²) in [6.07, 6.45) is 0.617. The summed E-state index contributed by atoms with van der Waals surface area (Å²) in [6.45, 7) is 8.33. The molecule has 0 aliphatic carbocycles. The first kappa shape index (κ1) is 15.6. The lowest BCUT2D eigenvalue weighted by molar-refractivity contribution is 0.0553. The predicted molar refractivity (Wildman–Crippen MR) is 87.8 cm³/mol. The number of hydrogen-bond acceptors (Lipinski definition) is 2. The summed E-state index contributed by atoms with van der Waals surface area (Å²) in [5.74, 6) is 0.869. The van der Waals surface area contributed by atoms with E-state index < -0.39 is 5.60 Å². The van der Waals surface area contributed by atoms with Crippen LogP contribution < -0.4 is 4.74 Å². The summed E-state index contributed by atoms with van der Waals surface area (Å²) in [4.78, 5) is 0. The summed E-state index contributed by atoms with van der Waals surface area (Å²) >= 11 is 0. The van der Waals surface area contributed by atoms with E-state index in [1.165, 1.54) is 22.3 Å². The van der Waals surface area contributed by atoms with Crippen LogP contribution in [0.2, 0.25) is 0 Å². The molecule has 1 N–H and O–H groups in total. The van der Waals surface area contributed by atoms with Gasteiger partial charge in [-0.1, -0.05) is 30.3 Å². The minimum absolute atomic E-state index is 0.521. The van der Waals surface area contributed by atoms with Gasteiger partial charge in [0.05, 0.1) is 12.2 Å². The number of benzene rings is 2. The summed E-state index contributed by atoms with van der Waals surface area (Å²) in [7, 11) is 0. The van der Waals surface area contributed by atoms with E-state index in [1.807, 2.05) is 6.07 Å². The van der Waals surface area contributed by atoms with Crippen molar-refractivity contribution in [3.63, 3.8) is 0 Å². The molecule has 2 nitrogen and oxygen atoms in total. The van der Waals surface area contributed by atoms with E-state index in [2.05, 4.69) is 50.2 Å². The first-order chi connectivity index (χ1) is 9.87. The standard InChI is InChI=1S/C19H24O2/c1-14-12-17(21-11-10-19(3,4)20)13-15(2)18(14)16-8-6-5-7-9-16/h5-9,12-13,20H,10-11H2,1-4H3. The minimum atomic E-state index is -0.686. The molecule has 2 rings (SSSR count). The Hall–Kier alpha value is -1.80. The van der Waals surface area contributed by atoms with Gasteiger partial charge in [-0.05, 0) is 62.1 Å². The molecule has 0 aromatic heterocycles. The van der Waals surface area contributed by atoms with Crippen LogP contribution in [0, 0.1) is 13.8 Å². The normalized spacial score (nSPS) is 11.5. The van der Waals surface area contributed by atoms with Crippen molar-refractivity contribution in [2.24, 2.45) is 0 Å². The number of rotatable bonds is 5. The maximum Gasteiger partial charge on any atom is 0.119 e. The van der Waals surface area contributed by atoms with Crippen molar-refractivity contribution in [3.8, 4) is 16.9 Å². The molecule has 0 spiro atoms. The van der Waals surface area contributed by atoms with Crippen molar-refractivity contribution in [2.75, 3.05) is 6.61 Å². The molecule has 2 aromatic rings. The quantitative estimate of drug-likeness (QED) is 0.875. The Morgan fingerprint density at radius 1 is 1.00 bits per heavy atom. The molecule has 0 heterocycles. The number of aliphatic hydroxyl groups is 1. The van der Waals surface area contributed by atoms with Crippen LogP contribution in [0.15, 0.2) is 42.5 Å². The van der Waals surface area contributed by atoms with E-state index in [1.54, 1.807) is 13.8 Å². The van der Waals surface area contributed by atoms with Crippen LogP contribution in [0.3, 0.4) is 0 Å². The highest BCUT2D eigenvalue weighted by molar-refractivity contribution is 5.71. The van der Waals surface area contributed by atoms with Crippen molar-refractivity contribution < 1.29 is 9.84 Å². The molecule has 0 amide bonds. The SMILES string of the molecule is Cc1cc(OCCC(C)(C)O)cc(C)c1-c1ccccc1. The van der Waals surface area contributed by atoms with Crippen molar-refractivity contribution >= 4 is 0 Å². The highest BCUT2D eigenvalue weighted by Crippen LogP contribution is 2.31. The number of ether oxygens (including phenoxy) is 1. The van der Waals surface area contributed by atoms with Crippen molar-refractivity contribution in [1.82, 2.24) is 0 Å². The lowest BCUT2D eigenvalue weighted by Gasteiger charge is -2.18. The van der Waals surface area contributed by atoms with Crippen LogP contribution in [0.1, 0.15) is 31.4 Å². The third kappa shape index (κ3) is 4.33. The molecule has 0 saturated carbocycles. The summed E-state index contributed by atoms with van der Waals surface area (Å²) < 4.78 is 5.77. The summed E-state index contributed by atoms with van der Waals surface area (Å²) in [5.41, 5.74) is 4.23. The highest BCUT2D eigenvalue weighted by atomic mass is 16.5. The fourth-order valence-electron chi connectivity index (χ4n) is 2.49. The van der Waals surface area contributed by atoms with E-state index in [0.717, 1.165) is 5.75 Å². The maximum atomic E-state index is 9.72. The van der Waals surface area contributed by atoms with Gasteiger partial charge in [0.25, 0.3) is 0 Å². The molecular weight excluding hydrogens is 260 g/mol. The smallest absolute Gasteiger partial charge is 0.119 e. The van der Waals surface area contributed by atoms with E-state index in [-0.39, 0.29) is 0 Å². The maximum absolute atomic E-state index is 9.72. The van der Waals surface area contributed by atoms with E-state index in [9.17, 15) is 5.11 Å². The molecule has 21 heavy (non-hydrogen) atoms. The zero-order chi connectivity index (χ0) is 15.5. The van der Waals surface area contributed by atoms with Gasteiger partial charge >= 0.3 is 0 Å². The molecular formula is C19H24O2. The second-order valence-corrected chi connectivity index (χ2v) is 6.21. The third-order valence-electron chi connectivity index (χ3n) is 3.55. The zero-order valence-electron chi connectivity index (χ0n) is 13.3. The largest absolute Gasteiger partial charge is 0.493 e. The molecule has 0 atom stereocenters. The first-order valence-corrected chi connectivity index (χ1v) is 7.39. The van der Waals surface area contributed by atoms with E-state index in [0.29, 0.717) is 13.0 Å². The van der Waals surface area contributed by atoms with Gasteiger partial charge in [0.2, 0.25) is 0 Å². The summed E-state index contributed by atoms with van der Waals surface area (Å²) in [6, 6.07) is 14.5. The van der Waals surface area contributed by atoms with Gasteiger partial charge in [-0.2, -0.15) is 0 Å². The van der Waals surface area contributed by atoms with Gasteiger partial charge in [-0.3, -0.25) is 0 Å². The fourth-order valence-corrected chi connectivity index (χ4v) is 2.49. The van der Waals surface area contributed by atoms with Crippen molar-refractivity contribution in [3.05, 3.63) is 53.6 Å². The first-order valence-electron chi connectivity index (χ1n) is 7.39. The predicted octanol–water partition coefficient (Wildman–Crippen LogP) is 4.51. The molecule has 2 aromatic carbocycles. The van der Waals surface area contributed by atoms with Gasteiger partial charge < -0.3 is 9.84 Å². The highest BCUT2D eigenvalue weighted by Gasteiger charge is 2.13. The third-order valence-corrected chi connectivity index (χ3v) is 3.55. The molecule has 0 saturated heterocycles. The van der Waals surface area contributed by atoms with Crippen LogP contribution in [0.25, 0.3) is 11.1 Å². The Morgan fingerprint density at radius 2 is 1.57 bits per heavy atom. The number of aryl methyl sites for hydroxylation is 2. The Bertz CT molecular complexity index is 572. The van der Waals surface area contributed by atoms with Crippen LogP contribution in [-0.2, 0) is 0 Å². The van der Waals surface area contributed by atoms with E-state index >= 15 is 0 Å². The number of hydrogen-bond donors (Lipinski definition) is 1. The minimum Gasteiger partial charge on any atom is -0.493 e. The Morgan fingerprint density at radius 3 is 2.10 bits per heavy atom. The Balaban J connectivity index is 2.18. The molecule has 0 aliphatic rings. The molecule has 0 unspecified atom stereocenters. The average molecular weight is 284 g/mol. The lowest BCUT2D eigenvalue weighted by Crippen LogP contribution is -2.21. The molecule has 0 bridgehead atoms. The van der Waals surface area contributed by atoms with Crippen molar-refractivity contribution in [2.45, 2.75) is 39.7 Å². The van der Waals surface area contributed by atoms with E-state index in [4.69, 9.17) is 4.74 Å². The monoisotopic (exact) mass is 284 g/mol. The zero-order valence-corrected chi connectivity index (χ0v) is 13.3. The van der Waals surface area contributed by atoms with Crippen LogP contribution in [-0.4, -0.2) is 17.3 Å². The molecule has 0 aliphatic heterocycles. The summed E-state index contributed by atoms with van der Waals surface area (Å²) in [5, 5.41) is 9.72. The van der Waals surface area contributed by atoms with Gasteiger partial charge in [-0.15, -0.1) is 0 Å². The van der Waals surface area contributed by atoms with Crippen molar-refractivity contribution in [1.29, 1.82) is 0 Å². The second-order valence-electron chi connectivity index (χ2n) is 6.21. The Kier molecular flexibility index (Phi) is 4.69. The Labute approximate surface area is 127 Å². The van der Waals surface area contributed by atoms with Crippen LogP contribution in [0.5, 0.6) is 5.75 Å². The second kappa shape index (κ2) is 6.31. The molecule has 112 valence electrons. The van der Waals surface area contributed by atoms with Gasteiger partial charge in [0.15, 0.2) is 0 Å². The molecule has 0 fully saturated rings. The van der Waals surface area contributed by atoms with Crippen LogP contribution in [0.4, 0.5) is 0 Å². The lowest BCUT2D eigenvalue weighted by atomic mass is 9.95. The molecule has 0 radical (unpaired) electrons.